The predicted octanol–water partition coefficient (Wildman–Crippen LogP) is 3.04. The standard InChI is InChI=1S/C21H23FN2O5S/c1-2-29-21(26)16-4-3-5-19(14-16)30(27,28)24-12-10-15(11-13-24)20(25)23-18-8-6-17(22)7-9-18/h3-9,14-15H,2,10-13H2,1H3,(H,23,25). The van der Waals surface area contributed by atoms with Gasteiger partial charge in [0.05, 0.1) is 17.1 Å². The molecule has 30 heavy (non-hydrogen) atoms. The molecule has 1 N–H and O–H groups in total. The topological polar surface area (TPSA) is 92.8 Å². The molecule has 7 nitrogen and oxygen atoms in total. The summed E-state index contributed by atoms with van der Waals surface area (Å²) in [7, 11) is -3.79. The van der Waals surface area contributed by atoms with Crippen LogP contribution < -0.4 is 5.32 Å². The Hall–Kier alpha value is -2.78. The Morgan fingerprint density at radius 2 is 1.80 bits per heavy atom. The molecule has 0 unspecified atom stereocenters. The van der Waals surface area contributed by atoms with Crippen molar-refractivity contribution in [2.45, 2.75) is 24.7 Å². The summed E-state index contributed by atoms with van der Waals surface area (Å²) in [5, 5.41) is 2.73. The van der Waals surface area contributed by atoms with Gasteiger partial charge in [-0.1, -0.05) is 6.07 Å². The number of nitrogens with one attached hydrogen (secondary N) is 1. The van der Waals surface area contributed by atoms with E-state index < -0.39 is 21.8 Å². The first-order valence-electron chi connectivity index (χ1n) is 9.65. The van der Waals surface area contributed by atoms with Crippen LogP contribution >= 0.6 is 0 Å². The number of esters is 1. The zero-order valence-corrected chi connectivity index (χ0v) is 17.3. The number of halogens is 1. The molecule has 0 bridgehead atoms. The molecule has 1 heterocycles. The van der Waals surface area contributed by atoms with Crippen LogP contribution in [-0.4, -0.2) is 44.3 Å². The minimum atomic E-state index is -3.79. The lowest BCUT2D eigenvalue weighted by atomic mass is 9.97. The van der Waals surface area contributed by atoms with Crippen LogP contribution in [0.5, 0.6) is 0 Å². The smallest absolute Gasteiger partial charge is 0.338 e. The SMILES string of the molecule is CCOC(=O)c1cccc(S(=O)(=O)N2CCC(C(=O)Nc3ccc(F)cc3)CC2)c1. The monoisotopic (exact) mass is 434 g/mol. The molecule has 1 amide bonds. The zero-order chi connectivity index (χ0) is 21.7. The number of benzene rings is 2. The van der Waals surface area contributed by atoms with Gasteiger partial charge in [0.2, 0.25) is 15.9 Å². The van der Waals surface area contributed by atoms with Gasteiger partial charge in [0, 0.05) is 24.7 Å². The third-order valence-corrected chi connectivity index (χ3v) is 6.81. The van der Waals surface area contributed by atoms with E-state index >= 15 is 0 Å². The number of amides is 1. The molecule has 0 aliphatic carbocycles. The van der Waals surface area contributed by atoms with E-state index in [0.29, 0.717) is 18.5 Å². The highest BCUT2D eigenvalue weighted by molar-refractivity contribution is 7.89. The number of anilines is 1. The molecule has 2 aromatic carbocycles. The van der Waals surface area contributed by atoms with Crippen LogP contribution in [0.2, 0.25) is 0 Å². The second-order valence-corrected chi connectivity index (χ2v) is 8.86. The van der Waals surface area contributed by atoms with E-state index in [2.05, 4.69) is 5.32 Å². The molecule has 0 aromatic heterocycles. The highest BCUT2D eigenvalue weighted by Gasteiger charge is 2.32. The highest BCUT2D eigenvalue weighted by Crippen LogP contribution is 2.25. The lowest BCUT2D eigenvalue weighted by Crippen LogP contribution is -2.41. The normalized spacial score (nSPS) is 15.5. The number of nitrogens with zero attached hydrogens (tertiary/aromatic N) is 1. The Morgan fingerprint density at radius 3 is 2.43 bits per heavy atom. The van der Waals surface area contributed by atoms with E-state index in [-0.39, 0.29) is 42.0 Å². The van der Waals surface area contributed by atoms with Crippen molar-refractivity contribution >= 4 is 27.6 Å². The van der Waals surface area contributed by atoms with Gasteiger partial charge in [-0.2, -0.15) is 4.31 Å². The summed E-state index contributed by atoms with van der Waals surface area (Å²) in [4.78, 5) is 24.3. The number of rotatable bonds is 6. The number of hydrogen-bond acceptors (Lipinski definition) is 5. The Labute approximate surface area is 174 Å². The Morgan fingerprint density at radius 1 is 1.13 bits per heavy atom. The van der Waals surface area contributed by atoms with E-state index in [4.69, 9.17) is 4.74 Å². The van der Waals surface area contributed by atoms with Crippen LogP contribution in [0.4, 0.5) is 10.1 Å². The Kier molecular flexibility index (Phi) is 6.84. The largest absolute Gasteiger partial charge is 0.462 e. The Bertz CT molecular complexity index is 1020. The van der Waals surface area contributed by atoms with Crippen molar-refractivity contribution in [2.75, 3.05) is 25.0 Å². The quantitative estimate of drug-likeness (QED) is 0.706. The van der Waals surface area contributed by atoms with Crippen molar-refractivity contribution in [3.05, 3.63) is 59.9 Å². The van der Waals surface area contributed by atoms with Crippen LogP contribution in [0.3, 0.4) is 0 Å². The minimum Gasteiger partial charge on any atom is -0.462 e. The number of sulfonamides is 1. The molecule has 1 aliphatic rings. The van der Waals surface area contributed by atoms with Crippen molar-refractivity contribution < 1.29 is 27.1 Å². The fourth-order valence-corrected chi connectivity index (χ4v) is 4.80. The number of hydrogen-bond donors (Lipinski definition) is 1. The molecular weight excluding hydrogens is 411 g/mol. The molecule has 160 valence electrons. The molecule has 0 radical (unpaired) electrons. The van der Waals surface area contributed by atoms with Crippen molar-refractivity contribution in [1.29, 1.82) is 0 Å². The fraction of sp³-hybridized carbons (Fsp3) is 0.333. The molecule has 0 saturated carbocycles. The first-order valence-corrected chi connectivity index (χ1v) is 11.1. The number of piperidine rings is 1. The molecule has 0 spiro atoms. The maximum atomic E-state index is 13.0. The van der Waals surface area contributed by atoms with Gasteiger partial charge in [-0.15, -0.1) is 0 Å². The average molecular weight is 434 g/mol. The minimum absolute atomic E-state index is 0.0160. The molecule has 1 aliphatic heterocycles. The van der Waals surface area contributed by atoms with Crippen LogP contribution in [0.1, 0.15) is 30.1 Å². The average Bonchev–Trinajstić information content (AvgIpc) is 2.75. The predicted molar refractivity (Wildman–Crippen MR) is 109 cm³/mol. The van der Waals surface area contributed by atoms with Crippen molar-refractivity contribution in [3.8, 4) is 0 Å². The van der Waals surface area contributed by atoms with E-state index in [9.17, 15) is 22.4 Å². The number of ether oxygens (including phenoxy) is 1. The van der Waals surface area contributed by atoms with Gasteiger partial charge in [0.15, 0.2) is 0 Å². The van der Waals surface area contributed by atoms with Crippen LogP contribution in [-0.2, 0) is 19.6 Å². The van der Waals surface area contributed by atoms with E-state index in [1.165, 1.54) is 52.8 Å². The van der Waals surface area contributed by atoms with Gasteiger partial charge in [-0.05, 0) is 62.2 Å². The second kappa shape index (κ2) is 9.36. The van der Waals surface area contributed by atoms with Gasteiger partial charge in [0.1, 0.15) is 5.82 Å². The van der Waals surface area contributed by atoms with Gasteiger partial charge >= 0.3 is 5.97 Å². The zero-order valence-electron chi connectivity index (χ0n) is 16.5. The third-order valence-electron chi connectivity index (χ3n) is 4.92. The van der Waals surface area contributed by atoms with Crippen molar-refractivity contribution in [3.63, 3.8) is 0 Å². The maximum absolute atomic E-state index is 13.0. The summed E-state index contributed by atoms with van der Waals surface area (Å²) in [5.41, 5.74) is 0.665. The third kappa shape index (κ3) is 5.03. The van der Waals surface area contributed by atoms with Crippen LogP contribution in [0, 0.1) is 11.7 Å². The first-order chi connectivity index (χ1) is 14.3. The molecule has 3 rings (SSSR count). The second-order valence-electron chi connectivity index (χ2n) is 6.92. The van der Waals surface area contributed by atoms with Crippen molar-refractivity contribution in [1.82, 2.24) is 4.31 Å². The van der Waals surface area contributed by atoms with Gasteiger partial charge in [0.25, 0.3) is 0 Å². The van der Waals surface area contributed by atoms with Gasteiger partial charge < -0.3 is 10.1 Å². The lowest BCUT2D eigenvalue weighted by Gasteiger charge is -2.30. The fourth-order valence-electron chi connectivity index (χ4n) is 3.28. The molecule has 0 atom stereocenters. The van der Waals surface area contributed by atoms with Crippen molar-refractivity contribution in [2.24, 2.45) is 5.92 Å². The summed E-state index contributed by atoms with van der Waals surface area (Å²) in [6.07, 6.45) is 0.730. The van der Waals surface area contributed by atoms with E-state index in [1.807, 2.05) is 0 Å². The maximum Gasteiger partial charge on any atom is 0.338 e. The lowest BCUT2D eigenvalue weighted by molar-refractivity contribution is -0.120. The summed E-state index contributed by atoms with van der Waals surface area (Å²) in [6, 6.07) is 11.2. The van der Waals surface area contributed by atoms with E-state index in [1.54, 1.807) is 6.92 Å². The van der Waals surface area contributed by atoms with Gasteiger partial charge in [-0.3, -0.25) is 4.79 Å². The number of carbonyl (C=O) groups is 2. The molecular formula is C21H23FN2O5S. The number of carbonyl (C=O) groups excluding carboxylic acids is 2. The first kappa shape index (κ1) is 21.9. The molecule has 1 fully saturated rings. The Balaban J connectivity index is 1.63. The van der Waals surface area contributed by atoms with Gasteiger partial charge in [-0.25, -0.2) is 17.6 Å². The van der Waals surface area contributed by atoms with Crippen LogP contribution in [0.15, 0.2) is 53.4 Å². The molecule has 1 saturated heterocycles. The van der Waals surface area contributed by atoms with E-state index in [0.717, 1.165) is 0 Å². The molecule has 9 heteroatoms. The summed E-state index contributed by atoms with van der Waals surface area (Å²) in [5.74, 6) is -1.53. The summed E-state index contributed by atoms with van der Waals surface area (Å²) in [6.45, 7) is 2.25. The van der Waals surface area contributed by atoms with Crippen LogP contribution in [0.25, 0.3) is 0 Å². The summed E-state index contributed by atoms with van der Waals surface area (Å²) >= 11 is 0. The molecule has 2 aromatic rings. The highest BCUT2D eigenvalue weighted by atomic mass is 32.2. The summed E-state index contributed by atoms with van der Waals surface area (Å²) < 4.78 is 45.1.